The van der Waals surface area contributed by atoms with Crippen molar-refractivity contribution in [1.82, 2.24) is 15.6 Å². The third kappa shape index (κ3) is 7.06. The van der Waals surface area contributed by atoms with E-state index in [9.17, 15) is 17.6 Å². The Morgan fingerprint density at radius 1 is 1.23 bits per heavy atom. The summed E-state index contributed by atoms with van der Waals surface area (Å²) in [6.45, 7) is 2.95. The smallest absolute Gasteiger partial charge is 0.357 e. The number of thiazole rings is 1. The molecule has 0 aliphatic heterocycles. The first kappa shape index (κ1) is 22.6. The van der Waals surface area contributed by atoms with E-state index in [1.807, 2.05) is 6.92 Å². The van der Waals surface area contributed by atoms with Crippen molar-refractivity contribution >= 4 is 41.3 Å². The molecule has 0 spiro atoms. The van der Waals surface area contributed by atoms with Crippen LogP contribution < -0.4 is 10.6 Å². The average Bonchev–Trinajstić information content (AvgIpc) is 3.03. The Labute approximate surface area is 170 Å². The fourth-order valence-corrected chi connectivity index (χ4v) is 2.74. The molecule has 0 saturated heterocycles. The molecule has 2 rings (SSSR count). The van der Waals surface area contributed by atoms with Crippen molar-refractivity contribution in [1.29, 1.82) is 0 Å². The number of aromatic nitrogens is 1. The molecule has 0 aliphatic carbocycles. The number of rotatable bonds is 6. The molecule has 0 aliphatic rings. The van der Waals surface area contributed by atoms with Crippen molar-refractivity contribution in [2.24, 2.45) is 4.99 Å². The number of nitrogens with zero attached hydrogens (tertiary/aromatic N) is 2. The topological polar surface area (TPSA) is 49.3 Å². The van der Waals surface area contributed by atoms with E-state index in [1.165, 1.54) is 6.07 Å². The van der Waals surface area contributed by atoms with Crippen LogP contribution in [0.25, 0.3) is 0 Å². The third-order valence-electron chi connectivity index (χ3n) is 3.20. The maximum atomic E-state index is 13.6. The van der Waals surface area contributed by atoms with Gasteiger partial charge in [-0.1, -0.05) is 18.2 Å². The standard InChI is InChI=1S/C16H18F4N4S.HI/c1-2-21-15(22-8-7-11-5-3-4-6-12(11)17)23-9-14-24-13(10-25-14)16(18,19)20;/h3-6,10H,2,7-9H2,1H3,(H2,21,22,23);1H. The van der Waals surface area contributed by atoms with E-state index in [0.29, 0.717) is 31.0 Å². The quantitative estimate of drug-likeness (QED) is 0.269. The number of benzene rings is 1. The largest absolute Gasteiger partial charge is 0.434 e. The Kier molecular flexibility index (Phi) is 9.27. The lowest BCUT2D eigenvalue weighted by molar-refractivity contribution is -0.140. The lowest BCUT2D eigenvalue weighted by Crippen LogP contribution is -2.38. The summed E-state index contributed by atoms with van der Waals surface area (Å²) in [7, 11) is 0. The first-order valence-electron chi connectivity index (χ1n) is 7.67. The number of hydrogen-bond acceptors (Lipinski definition) is 3. The zero-order valence-electron chi connectivity index (χ0n) is 13.9. The van der Waals surface area contributed by atoms with Gasteiger partial charge in [-0.25, -0.2) is 14.4 Å². The van der Waals surface area contributed by atoms with Crippen LogP contribution in [0.1, 0.15) is 23.2 Å². The summed E-state index contributed by atoms with van der Waals surface area (Å²) in [5.74, 6) is 0.177. The van der Waals surface area contributed by atoms with Gasteiger partial charge in [0.05, 0.1) is 6.54 Å². The molecule has 0 fully saturated rings. The van der Waals surface area contributed by atoms with E-state index in [1.54, 1.807) is 18.2 Å². The molecule has 0 saturated carbocycles. The Morgan fingerprint density at radius 2 is 1.96 bits per heavy atom. The predicted octanol–water partition coefficient (Wildman–Crippen LogP) is 4.22. The van der Waals surface area contributed by atoms with Gasteiger partial charge in [0.25, 0.3) is 0 Å². The first-order chi connectivity index (χ1) is 11.9. The fourth-order valence-electron chi connectivity index (χ4n) is 2.02. The Balaban J connectivity index is 0.00000338. The number of nitrogens with one attached hydrogen (secondary N) is 2. The van der Waals surface area contributed by atoms with E-state index in [2.05, 4.69) is 20.6 Å². The van der Waals surface area contributed by atoms with Crippen molar-refractivity contribution in [3.8, 4) is 0 Å². The second-order valence-corrected chi connectivity index (χ2v) is 6.03. The average molecular weight is 502 g/mol. The molecule has 144 valence electrons. The van der Waals surface area contributed by atoms with Gasteiger partial charge >= 0.3 is 6.18 Å². The van der Waals surface area contributed by atoms with Crippen LogP contribution in [-0.2, 0) is 19.1 Å². The Hall–Kier alpha value is -1.43. The molecule has 1 aromatic carbocycles. The molecule has 0 amide bonds. The fraction of sp³-hybridized carbons (Fsp3) is 0.375. The molecule has 4 nitrogen and oxygen atoms in total. The van der Waals surface area contributed by atoms with Gasteiger partial charge in [-0.15, -0.1) is 35.3 Å². The van der Waals surface area contributed by atoms with Crippen LogP contribution >= 0.6 is 35.3 Å². The molecular formula is C16H19F4IN4S. The minimum atomic E-state index is -4.44. The van der Waals surface area contributed by atoms with Crippen molar-refractivity contribution < 1.29 is 17.6 Å². The minimum Gasteiger partial charge on any atom is -0.357 e. The second-order valence-electron chi connectivity index (χ2n) is 5.09. The summed E-state index contributed by atoms with van der Waals surface area (Å²) >= 11 is 0.916. The lowest BCUT2D eigenvalue weighted by atomic mass is 10.1. The summed E-state index contributed by atoms with van der Waals surface area (Å²) in [6, 6.07) is 6.49. The van der Waals surface area contributed by atoms with Crippen LogP contribution in [-0.4, -0.2) is 24.0 Å². The summed E-state index contributed by atoms with van der Waals surface area (Å²) in [4.78, 5) is 7.75. The van der Waals surface area contributed by atoms with Gasteiger partial charge in [0, 0.05) is 18.5 Å². The molecule has 1 heterocycles. The minimum absolute atomic E-state index is 0. The molecule has 1 aromatic heterocycles. The molecule has 0 radical (unpaired) electrons. The highest BCUT2D eigenvalue weighted by atomic mass is 127. The highest BCUT2D eigenvalue weighted by Crippen LogP contribution is 2.30. The van der Waals surface area contributed by atoms with Crippen LogP contribution in [0.5, 0.6) is 0 Å². The zero-order chi connectivity index (χ0) is 18.3. The molecule has 0 atom stereocenters. The first-order valence-corrected chi connectivity index (χ1v) is 8.55. The van der Waals surface area contributed by atoms with Gasteiger partial charge in [0.2, 0.25) is 0 Å². The van der Waals surface area contributed by atoms with Crippen LogP contribution in [0.4, 0.5) is 17.6 Å². The summed E-state index contributed by atoms with van der Waals surface area (Å²) < 4.78 is 51.2. The van der Waals surface area contributed by atoms with Gasteiger partial charge in [-0.05, 0) is 25.0 Å². The molecule has 10 heteroatoms. The molecule has 26 heavy (non-hydrogen) atoms. The summed E-state index contributed by atoms with van der Waals surface area (Å²) in [5, 5.41) is 7.27. The van der Waals surface area contributed by atoms with E-state index in [4.69, 9.17) is 0 Å². The number of guanidine groups is 1. The highest BCUT2D eigenvalue weighted by molar-refractivity contribution is 14.0. The van der Waals surface area contributed by atoms with Gasteiger partial charge in [0.1, 0.15) is 10.8 Å². The van der Waals surface area contributed by atoms with Crippen LogP contribution in [0.2, 0.25) is 0 Å². The molecule has 2 aromatic rings. The van der Waals surface area contributed by atoms with Crippen molar-refractivity contribution in [3.05, 3.63) is 51.7 Å². The SMILES string of the molecule is CCNC(=NCc1nc(C(F)(F)F)cs1)NCCc1ccccc1F.I. The summed E-state index contributed by atoms with van der Waals surface area (Å²) in [6.07, 6.45) is -3.98. The number of alkyl halides is 3. The van der Waals surface area contributed by atoms with Gasteiger partial charge in [-0.2, -0.15) is 13.2 Å². The van der Waals surface area contributed by atoms with E-state index < -0.39 is 11.9 Å². The predicted molar refractivity (Wildman–Crippen MR) is 105 cm³/mol. The number of halogens is 5. The molecular weight excluding hydrogens is 483 g/mol. The molecule has 2 N–H and O–H groups in total. The normalized spacial score (nSPS) is 11.8. The van der Waals surface area contributed by atoms with Gasteiger partial charge in [-0.3, -0.25) is 0 Å². The summed E-state index contributed by atoms with van der Waals surface area (Å²) in [5.41, 5.74) is -0.319. The molecule has 0 unspecified atom stereocenters. The number of aliphatic imine (C=N–C) groups is 1. The van der Waals surface area contributed by atoms with Crippen LogP contribution in [0.3, 0.4) is 0 Å². The maximum absolute atomic E-state index is 13.6. The third-order valence-corrected chi connectivity index (χ3v) is 4.04. The maximum Gasteiger partial charge on any atom is 0.434 e. The van der Waals surface area contributed by atoms with E-state index in [-0.39, 0.29) is 41.3 Å². The van der Waals surface area contributed by atoms with Crippen LogP contribution in [0.15, 0.2) is 34.6 Å². The van der Waals surface area contributed by atoms with Gasteiger partial charge in [0.15, 0.2) is 11.7 Å². The van der Waals surface area contributed by atoms with E-state index in [0.717, 1.165) is 16.7 Å². The molecule has 0 bridgehead atoms. The monoisotopic (exact) mass is 502 g/mol. The Bertz CT molecular complexity index is 718. The highest BCUT2D eigenvalue weighted by Gasteiger charge is 2.33. The van der Waals surface area contributed by atoms with Crippen LogP contribution in [0, 0.1) is 5.82 Å². The Morgan fingerprint density at radius 3 is 2.58 bits per heavy atom. The van der Waals surface area contributed by atoms with Gasteiger partial charge < -0.3 is 10.6 Å². The second kappa shape index (κ2) is 10.7. The van der Waals surface area contributed by atoms with E-state index >= 15 is 0 Å². The lowest BCUT2D eigenvalue weighted by Gasteiger charge is -2.11. The van der Waals surface area contributed by atoms with Crippen molar-refractivity contribution in [2.75, 3.05) is 13.1 Å². The zero-order valence-corrected chi connectivity index (χ0v) is 17.1. The van der Waals surface area contributed by atoms with Crippen molar-refractivity contribution in [2.45, 2.75) is 26.1 Å². The van der Waals surface area contributed by atoms with Crippen molar-refractivity contribution in [3.63, 3.8) is 0 Å². The number of hydrogen-bond donors (Lipinski definition) is 2.